The Balaban J connectivity index is 2.23. The summed E-state index contributed by atoms with van der Waals surface area (Å²) in [5.74, 6) is 1.64. The van der Waals surface area contributed by atoms with E-state index < -0.39 is 0 Å². The van der Waals surface area contributed by atoms with Gasteiger partial charge in [0.2, 0.25) is 5.91 Å². The molecule has 2 rings (SSSR count). The third kappa shape index (κ3) is 4.30. The second-order valence-corrected chi connectivity index (χ2v) is 7.33. The number of carbonyl (C=O) groups excluding carboxylic acids is 1. The van der Waals surface area contributed by atoms with Crippen LogP contribution in [0.1, 0.15) is 51.8 Å². The molecule has 1 amide bonds. The summed E-state index contributed by atoms with van der Waals surface area (Å²) in [6.45, 7) is 12.5. The van der Waals surface area contributed by atoms with Crippen LogP contribution >= 0.6 is 0 Å². The minimum atomic E-state index is -0.197. The fourth-order valence-electron chi connectivity index (χ4n) is 2.74. The van der Waals surface area contributed by atoms with Gasteiger partial charge in [-0.2, -0.15) is 0 Å². The maximum absolute atomic E-state index is 12.3. The highest BCUT2D eigenvalue weighted by atomic mass is 16.2. The monoisotopic (exact) mass is 292 g/mol. The molecule has 0 saturated carbocycles. The van der Waals surface area contributed by atoms with Gasteiger partial charge in [-0.15, -0.1) is 0 Å². The predicted octanol–water partition coefficient (Wildman–Crippen LogP) is 1.64. The van der Waals surface area contributed by atoms with Gasteiger partial charge in [-0.05, 0) is 26.7 Å². The van der Waals surface area contributed by atoms with Crippen molar-refractivity contribution in [3.05, 3.63) is 17.2 Å². The maximum Gasteiger partial charge on any atom is 0.240 e. The number of hydrogen-bond donors (Lipinski definition) is 2. The molecule has 5 nitrogen and oxygen atoms in total. The lowest BCUT2D eigenvalue weighted by Gasteiger charge is -2.22. The third-order valence-electron chi connectivity index (χ3n) is 3.47. The second-order valence-electron chi connectivity index (χ2n) is 7.33. The number of nitrogens with one attached hydrogen (secondary N) is 2. The summed E-state index contributed by atoms with van der Waals surface area (Å²) in [4.78, 5) is 17.0. The van der Waals surface area contributed by atoms with Crippen LogP contribution in [-0.4, -0.2) is 27.5 Å². The lowest BCUT2D eigenvalue weighted by Crippen LogP contribution is -2.42. The van der Waals surface area contributed by atoms with Crippen LogP contribution in [0.2, 0.25) is 0 Å². The van der Waals surface area contributed by atoms with Crippen molar-refractivity contribution >= 4 is 5.91 Å². The van der Waals surface area contributed by atoms with E-state index in [1.54, 1.807) is 0 Å². The minimum Gasteiger partial charge on any atom is -0.350 e. The van der Waals surface area contributed by atoms with E-state index in [-0.39, 0.29) is 11.4 Å². The van der Waals surface area contributed by atoms with E-state index in [0.717, 1.165) is 37.4 Å². The summed E-state index contributed by atoms with van der Waals surface area (Å²) >= 11 is 0. The lowest BCUT2D eigenvalue weighted by atomic mass is 10.1. The molecule has 0 fully saturated rings. The van der Waals surface area contributed by atoms with Gasteiger partial charge in [-0.3, -0.25) is 4.79 Å². The van der Waals surface area contributed by atoms with Gasteiger partial charge in [-0.25, -0.2) is 4.98 Å². The predicted molar refractivity (Wildman–Crippen MR) is 84.1 cm³/mol. The van der Waals surface area contributed by atoms with Crippen molar-refractivity contribution in [1.82, 2.24) is 20.2 Å². The Labute approximate surface area is 127 Å². The van der Waals surface area contributed by atoms with Crippen molar-refractivity contribution in [2.75, 3.05) is 6.54 Å². The molecule has 5 heteroatoms. The molecule has 1 aliphatic rings. The normalized spacial score (nSPS) is 15.1. The third-order valence-corrected chi connectivity index (χ3v) is 3.47. The standard InChI is InChI=1S/C16H28N4O/c1-11(2)8-14-18-12-9-17-7-6-13(12)20(14)10-15(21)19-16(3,4)5/h11,17H,6-10H2,1-5H3,(H,19,21). The van der Waals surface area contributed by atoms with Crippen LogP contribution < -0.4 is 10.6 Å². The van der Waals surface area contributed by atoms with Crippen molar-refractivity contribution in [2.45, 2.75) is 66.1 Å². The van der Waals surface area contributed by atoms with Crippen LogP contribution in [0.5, 0.6) is 0 Å². The zero-order valence-corrected chi connectivity index (χ0v) is 13.9. The van der Waals surface area contributed by atoms with Crippen LogP contribution in [0, 0.1) is 5.92 Å². The molecule has 2 N–H and O–H groups in total. The number of fused-ring (bicyclic) bond motifs is 1. The topological polar surface area (TPSA) is 59.0 Å². The molecular weight excluding hydrogens is 264 g/mol. The molecule has 1 aliphatic heterocycles. The molecule has 0 bridgehead atoms. The Kier molecular flexibility index (Phi) is 4.71. The number of amides is 1. The molecule has 0 saturated heterocycles. The quantitative estimate of drug-likeness (QED) is 0.887. The van der Waals surface area contributed by atoms with Gasteiger partial charge in [0.1, 0.15) is 12.4 Å². The summed E-state index contributed by atoms with van der Waals surface area (Å²) in [7, 11) is 0. The number of imidazole rings is 1. The SMILES string of the molecule is CC(C)Cc1nc2c(n1CC(=O)NC(C)(C)C)CCNC2. The molecule has 0 aromatic carbocycles. The molecule has 2 heterocycles. The molecule has 0 unspecified atom stereocenters. The van der Waals surface area contributed by atoms with E-state index in [0.29, 0.717) is 12.5 Å². The number of hydrogen-bond acceptors (Lipinski definition) is 3. The van der Waals surface area contributed by atoms with E-state index in [1.807, 2.05) is 20.8 Å². The highest BCUT2D eigenvalue weighted by Crippen LogP contribution is 2.18. The zero-order chi connectivity index (χ0) is 15.6. The Hall–Kier alpha value is -1.36. The maximum atomic E-state index is 12.3. The highest BCUT2D eigenvalue weighted by molar-refractivity contribution is 5.76. The molecule has 0 spiro atoms. The van der Waals surface area contributed by atoms with Crippen LogP contribution in [0.4, 0.5) is 0 Å². The first-order chi connectivity index (χ1) is 9.76. The van der Waals surface area contributed by atoms with E-state index in [2.05, 4.69) is 29.0 Å². The molecule has 21 heavy (non-hydrogen) atoms. The van der Waals surface area contributed by atoms with E-state index in [4.69, 9.17) is 4.98 Å². The van der Waals surface area contributed by atoms with Gasteiger partial charge in [0, 0.05) is 37.2 Å². The average molecular weight is 292 g/mol. The van der Waals surface area contributed by atoms with Crippen LogP contribution in [-0.2, 0) is 30.7 Å². The number of carbonyl (C=O) groups is 1. The summed E-state index contributed by atoms with van der Waals surface area (Å²) in [5, 5.41) is 6.39. The summed E-state index contributed by atoms with van der Waals surface area (Å²) in [6, 6.07) is 0. The molecule has 1 aromatic rings. The average Bonchev–Trinajstić information content (AvgIpc) is 2.64. The van der Waals surface area contributed by atoms with Gasteiger partial charge in [0.15, 0.2) is 0 Å². The van der Waals surface area contributed by atoms with E-state index in [9.17, 15) is 4.79 Å². The van der Waals surface area contributed by atoms with Gasteiger partial charge in [0.05, 0.1) is 5.69 Å². The molecule has 118 valence electrons. The van der Waals surface area contributed by atoms with Gasteiger partial charge < -0.3 is 15.2 Å². The fourth-order valence-corrected chi connectivity index (χ4v) is 2.74. The van der Waals surface area contributed by atoms with Gasteiger partial charge >= 0.3 is 0 Å². The van der Waals surface area contributed by atoms with Crippen LogP contribution in [0.15, 0.2) is 0 Å². The lowest BCUT2D eigenvalue weighted by molar-refractivity contribution is -0.123. The van der Waals surface area contributed by atoms with Crippen LogP contribution in [0.25, 0.3) is 0 Å². The molecular formula is C16H28N4O. The van der Waals surface area contributed by atoms with Crippen molar-refractivity contribution < 1.29 is 4.79 Å². The van der Waals surface area contributed by atoms with Gasteiger partial charge in [-0.1, -0.05) is 13.8 Å². The van der Waals surface area contributed by atoms with E-state index >= 15 is 0 Å². The second kappa shape index (κ2) is 6.18. The molecule has 0 radical (unpaired) electrons. The molecule has 1 aromatic heterocycles. The van der Waals surface area contributed by atoms with Crippen molar-refractivity contribution in [1.29, 1.82) is 0 Å². The zero-order valence-electron chi connectivity index (χ0n) is 13.9. The largest absolute Gasteiger partial charge is 0.350 e. The van der Waals surface area contributed by atoms with Crippen LogP contribution in [0.3, 0.4) is 0 Å². The Bertz CT molecular complexity index is 511. The summed E-state index contributed by atoms with van der Waals surface area (Å²) in [6.07, 6.45) is 1.86. The first kappa shape index (κ1) is 16.0. The minimum absolute atomic E-state index is 0.0613. The Morgan fingerprint density at radius 3 is 2.76 bits per heavy atom. The molecule has 0 aliphatic carbocycles. The van der Waals surface area contributed by atoms with Crippen molar-refractivity contribution in [3.63, 3.8) is 0 Å². The first-order valence-electron chi connectivity index (χ1n) is 7.85. The van der Waals surface area contributed by atoms with E-state index in [1.165, 1.54) is 5.69 Å². The number of aromatic nitrogens is 2. The highest BCUT2D eigenvalue weighted by Gasteiger charge is 2.22. The fraction of sp³-hybridized carbons (Fsp3) is 0.750. The Morgan fingerprint density at radius 1 is 1.43 bits per heavy atom. The van der Waals surface area contributed by atoms with Gasteiger partial charge in [0.25, 0.3) is 0 Å². The number of rotatable bonds is 4. The van der Waals surface area contributed by atoms with Crippen molar-refractivity contribution in [2.24, 2.45) is 5.92 Å². The molecule has 0 atom stereocenters. The smallest absolute Gasteiger partial charge is 0.240 e. The van der Waals surface area contributed by atoms with Crippen molar-refractivity contribution in [3.8, 4) is 0 Å². The Morgan fingerprint density at radius 2 is 2.14 bits per heavy atom. The summed E-state index contributed by atoms with van der Waals surface area (Å²) < 4.78 is 2.14. The summed E-state index contributed by atoms with van der Waals surface area (Å²) in [5.41, 5.74) is 2.14. The number of nitrogens with zero attached hydrogens (tertiary/aromatic N) is 2. The first-order valence-corrected chi connectivity index (χ1v) is 7.85.